The molecule has 27 heavy (non-hydrogen) atoms. The molecule has 0 aromatic heterocycles. The monoisotopic (exact) mass is 399 g/mol. The lowest BCUT2D eigenvalue weighted by molar-refractivity contribution is -0.147. The van der Waals surface area contributed by atoms with Crippen molar-refractivity contribution in [2.75, 3.05) is 45.9 Å². The summed E-state index contributed by atoms with van der Waals surface area (Å²) in [6, 6.07) is 5.57. The highest BCUT2D eigenvalue weighted by atomic mass is 35.5. The van der Waals surface area contributed by atoms with Crippen molar-refractivity contribution < 1.29 is 18.7 Å². The van der Waals surface area contributed by atoms with Crippen LogP contribution in [0, 0.1) is 11.2 Å². The van der Waals surface area contributed by atoms with Crippen LogP contribution in [-0.2, 0) is 9.53 Å². The number of halogens is 2. The summed E-state index contributed by atoms with van der Waals surface area (Å²) < 4.78 is 18.4. The highest BCUT2D eigenvalue weighted by Gasteiger charge is 2.41. The van der Waals surface area contributed by atoms with Crippen molar-refractivity contribution in [2.45, 2.75) is 19.3 Å². The smallest absolute Gasteiger partial charge is 0.253 e. The first-order valence-corrected chi connectivity index (χ1v) is 9.18. The standard InChI is InChI=1S/C19H26FN3O3.ClH/c20-16-4-2-15(3-5-16)17(24)22-8-1-9-23(11-10-22)18(25)19(14-21)6-12-26-13-7-19;/h2-5H,1,6-14,21H2;1H. The van der Waals surface area contributed by atoms with Crippen molar-refractivity contribution in [1.82, 2.24) is 9.80 Å². The van der Waals surface area contributed by atoms with E-state index in [9.17, 15) is 14.0 Å². The zero-order valence-corrected chi connectivity index (χ0v) is 16.2. The van der Waals surface area contributed by atoms with Gasteiger partial charge in [-0.25, -0.2) is 4.39 Å². The van der Waals surface area contributed by atoms with Crippen LogP contribution in [0.3, 0.4) is 0 Å². The van der Waals surface area contributed by atoms with Crippen LogP contribution in [-0.4, -0.2) is 67.6 Å². The molecule has 0 saturated carbocycles. The predicted molar refractivity (Wildman–Crippen MR) is 102 cm³/mol. The highest BCUT2D eigenvalue weighted by Crippen LogP contribution is 2.32. The fraction of sp³-hybridized carbons (Fsp3) is 0.579. The van der Waals surface area contributed by atoms with E-state index >= 15 is 0 Å². The molecule has 1 aromatic carbocycles. The number of carbonyl (C=O) groups is 2. The molecule has 0 radical (unpaired) electrons. The molecule has 0 spiro atoms. The van der Waals surface area contributed by atoms with Gasteiger partial charge < -0.3 is 20.3 Å². The molecule has 6 nitrogen and oxygen atoms in total. The summed E-state index contributed by atoms with van der Waals surface area (Å²) in [4.78, 5) is 29.3. The lowest BCUT2D eigenvalue weighted by Gasteiger charge is -2.38. The average molecular weight is 400 g/mol. The number of benzene rings is 1. The number of nitrogens with two attached hydrogens (primary N) is 1. The molecular formula is C19H27ClFN3O3. The third-order valence-corrected chi connectivity index (χ3v) is 5.46. The zero-order chi connectivity index (χ0) is 18.6. The normalized spacial score (nSPS) is 19.8. The molecule has 2 N–H and O–H groups in total. The molecule has 2 aliphatic rings. The largest absolute Gasteiger partial charge is 0.381 e. The number of carbonyl (C=O) groups excluding carboxylic acids is 2. The predicted octanol–water partition coefficient (Wildman–Crippen LogP) is 1.68. The van der Waals surface area contributed by atoms with Gasteiger partial charge in [-0.1, -0.05) is 0 Å². The molecule has 2 amide bonds. The topological polar surface area (TPSA) is 75.9 Å². The Balaban J connectivity index is 0.00000261. The van der Waals surface area contributed by atoms with Gasteiger partial charge in [0.2, 0.25) is 5.91 Å². The molecular weight excluding hydrogens is 373 g/mol. The van der Waals surface area contributed by atoms with E-state index in [4.69, 9.17) is 10.5 Å². The van der Waals surface area contributed by atoms with Gasteiger partial charge in [0.25, 0.3) is 5.91 Å². The summed E-state index contributed by atoms with van der Waals surface area (Å²) in [6.45, 7) is 3.61. The minimum Gasteiger partial charge on any atom is -0.381 e. The van der Waals surface area contributed by atoms with E-state index in [2.05, 4.69) is 0 Å². The Hall–Kier alpha value is -1.70. The second-order valence-electron chi connectivity index (χ2n) is 7.04. The van der Waals surface area contributed by atoms with Gasteiger partial charge in [0.1, 0.15) is 5.82 Å². The molecule has 150 valence electrons. The van der Waals surface area contributed by atoms with Crippen LogP contribution in [0.25, 0.3) is 0 Å². The van der Waals surface area contributed by atoms with Crippen molar-refractivity contribution in [2.24, 2.45) is 11.1 Å². The Morgan fingerprint density at radius 3 is 2.26 bits per heavy atom. The van der Waals surface area contributed by atoms with Crippen LogP contribution < -0.4 is 5.73 Å². The quantitative estimate of drug-likeness (QED) is 0.839. The molecule has 2 aliphatic heterocycles. The third kappa shape index (κ3) is 4.78. The Bertz CT molecular complexity index is 650. The molecule has 8 heteroatoms. The summed E-state index contributed by atoms with van der Waals surface area (Å²) in [7, 11) is 0. The number of nitrogens with zero attached hydrogens (tertiary/aromatic N) is 2. The molecule has 2 fully saturated rings. The first-order valence-electron chi connectivity index (χ1n) is 9.18. The van der Waals surface area contributed by atoms with E-state index in [1.54, 1.807) is 4.90 Å². The van der Waals surface area contributed by atoms with Crippen LogP contribution in [0.1, 0.15) is 29.6 Å². The summed E-state index contributed by atoms with van der Waals surface area (Å²) in [5.41, 5.74) is 5.88. The molecule has 0 unspecified atom stereocenters. The number of hydrogen-bond acceptors (Lipinski definition) is 4. The highest BCUT2D eigenvalue weighted by molar-refractivity contribution is 5.94. The molecule has 3 rings (SSSR count). The van der Waals surface area contributed by atoms with E-state index in [0.717, 1.165) is 6.42 Å². The van der Waals surface area contributed by atoms with Gasteiger partial charge in [0.15, 0.2) is 0 Å². The van der Waals surface area contributed by atoms with Gasteiger partial charge in [0.05, 0.1) is 5.41 Å². The summed E-state index contributed by atoms with van der Waals surface area (Å²) >= 11 is 0. The SMILES string of the molecule is Cl.NCC1(C(=O)N2CCCN(C(=O)c3ccc(F)cc3)CC2)CCOCC1. The molecule has 2 heterocycles. The number of ether oxygens (including phenoxy) is 1. The van der Waals surface area contributed by atoms with Crippen molar-refractivity contribution in [3.8, 4) is 0 Å². The number of amides is 2. The summed E-state index contributed by atoms with van der Waals surface area (Å²) in [5, 5.41) is 0. The number of rotatable bonds is 3. The van der Waals surface area contributed by atoms with Crippen LogP contribution in [0.5, 0.6) is 0 Å². The second-order valence-corrected chi connectivity index (χ2v) is 7.04. The second kappa shape index (κ2) is 9.48. The van der Waals surface area contributed by atoms with Crippen molar-refractivity contribution in [1.29, 1.82) is 0 Å². The minimum atomic E-state index is -0.533. The lowest BCUT2D eigenvalue weighted by Crippen LogP contribution is -2.51. The summed E-state index contributed by atoms with van der Waals surface area (Å²) in [6.07, 6.45) is 2.02. The van der Waals surface area contributed by atoms with E-state index in [0.29, 0.717) is 64.3 Å². The van der Waals surface area contributed by atoms with Crippen LogP contribution in [0.4, 0.5) is 4.39 Å². The molecule has 0 bridgehead atoms. The van der Waals surface area contributed by atoms with Gasteiger partial charge in [-0.15, -0.1) is 12.4 Å². The fourth-order valence-corrected chi connectivity index (χ4v) is 3.70. The van der Waals surface area contributed by atoms with Gasteiger partial charge in [-0.2, -0.15) is 0 Å². The Labute approximate surface area is 165 Å². The van der Waals surface area contributed by atoms with E-state index < -0.39 is 5.41 Å². The maximum atomic E-state index is 13.1. The zero-order valence-electron chi connectivity index (χ0n) is 15.4. The third-order valence-electron chi connectivity index (χ3n) is 5.46. The lowest BCUT2D eigenvalue weighted by atomic mass is 9.79. The van der Waals surface area contributed by atoms with E-state index in [-0.39, 0.29) is 30.0 Å². The fourth-order valence-electron chi connectivity index (χ4n) is 3.70. The Morgan fingerprint density at radius 1 is 1.04 bits per heavy atom. The maximum Gasteiger partial charge on any atom is 0.253 e. The van der Waals surface area contributed by atoms with Gasteiger partial charge in [-0.05, 0) is 43.5 Å². The molecule has 2 saturated heterocycles. The Morgan fingerprint density at radius 2 is 1.63 bits per heavy atom. The van der Waals surface area contributed by atoms with E-state index in [1.807, 2.05) is 4.90 Å². The van der Waals surface area contributed by atoms with Crippen molar-refractivity contribution in [3.63, 3.8) is 0 Å². The molecule has 0 atom stereocenters. The number of hydrogen-bond donors (Lipinski definition) is 1. The first-order chi connectivity index (χ1) is 12.6. The van der Waals surface area contributed by atoms with Gasteiger partial charge in [-0.3, -0.25) is 9.59 Å². The van der Waals surface area contributed by atoms with Gasteiger partial charge in [0, 0.05) is 51.5 Å². The summed E-state index contributed by atoms with van der Waals surface area (Å²) in [5.74, 6) is -0.406. The molecule has 1 aromatic rings. The average Bonchev–Trinajstić information content (AvgIpc) is 2.94. The van der Waals surface area contributed by atoms with E-state index in [1.165, 1.54) is 24.3 Å². The maximum absolute atomic E-state index is 13.1. The van der Waals surface area contributed by atoms with Crippen LogP contribution in [0.15, 0.2) is 24.3 Å². The van der Waals surface area contributed by atoms with Crippen molar-refractivity contribution in [3.05, 3.63) is 35.6 Å². The first kappa shape index (κ1) is 21.6. The minimum absolute atomic E-state index is 0. The van der Waals surface area contributed by atoms with Crippen LogP contribution in [0.2, 0.25) is 0 Å². The van der Waals surface area contributed by atoms with Crippen molar-refractivity contribution >= 4 is 24.2 Å². The molecule has 0 aliphatic carbocycles. The Kier molecular flexibility index (Phi) is 7.59. The van der Waals surface area contributed by atoms with Crippen LogP contribution >= 0.6 is 12.4 Å². The van der Waals surface area contributed by atoms with Gasteiger partial charge >= 0.3 is 0 Å².